The molecule has 0 aliphatic rings. The first kappa shape index (κ1) is 13.9. The van der Waals surface area contributed by atoms with Crippen molar-refractivity contribution < 1.29 is 9.32 Å². The summed E-state index contributed by atoms with van der Waals surface area (Å²) in [4.78, 5) is 20.9. The van der Waals surface area contributed by atoms with E-state index in [-0.39, 0.29) is 12.5 Å². The maximum Gasteiger partial charge on any atom is 0.255 e. The summed E-state index contributed by atoms with van der Waals surface area (Å²) >= 11 is 0. The first-order valence-electron chi connectivity index (χ1n) is 6.80. The van der Waals surface area contributed by atoms with E-state index < -0.39 is 0 Å². The van der Waals surface area contributed by atoms with Crippen LogP contribution >= 0.6 is 0 Å². The number of nitrogens with zero attached hydrogens (tertiary/aromatic N) is 3. The van der Waals surface area contributed by atoms with Gasteiger partial charge in [0.1, 0.15) is 17.8 Å². The standard InChI is InChI=1S/C16H14N4O2/c1-11-17-10-14(15(19-11)12-5-3-2-4-6-12)16(21)18-9-13-7-8-22-20-13/h2-8,10H,9H2,1H3,(H,18,21). The minimum absolute atomic E-state index is 0.248. The molecular formula is C16H14N4O2. The maximum atomic E-state index is 12.4. The molecule has 0 saturated carbocycles. The molecule has 6 nitrogen and oxygen atoms in total. The van der Waals surface area contributed by atoms with Crippen molar-refractivity contribution in [3.05, 3.63) is 65.9 Å². The first-order chi connectivity index (χ1) is 10.7. The molecule has 0 saturated heterocycles. The predicted octanol–water partition coefficient (Wildman–Crippen LogP) is 2.37. The Balaban J connectivity index is 1.88. The third-order valence-corrected chi connectivity index (χ3v) is 3.12. The number of aryl methyl sites for hydroxylation is 1. The summed E-state index contributed by atoms with van der Waals surface area (Å²) in [6.07, 6.45) is 3.01. The number of benzene rings is 1. The van der Waals surface area contributed by atoms with Crippen molar-refractivity contribution in [1.82, 2.24) is 20.4 Å². The molecule has 0 bridgehead atoms. The van der Waals surface area contributed by atoms with Gasteiger partial charge in [0.15, 0.2) is 0 Å². The average Bonchev–Trinajstić information content (AvgIpc) is 3.07. The van der Waals surface area contributed by atoms with Crippen LogP contribution in [0.25, 0.3) is 11.3 Å². The molecule has 1 N–H and O–H groups in total. The van der Waals surface area contributed by atoms with E-state index >= 15 is 0 Å². The predicted molar refractivity (Wildman–Crippen MR) is 79.9 cm³/mol. The fourth-order valence-corrected chi connectivity index (χ4v) is 2.05. The lowest BCUT2D eigenvalue weighted by Gasteiger charge is -2.09. The van der Waals surface area contributed by atoms with E-state index in [0.29, 0.717) is 22.8 Å². The van der Waals surface area contributed by atoms with Crippen LogP contribution in [0.5, 0.6) is 0 Å². The molecule has 0 aliphatic carbocycles. The molecule has 110 valence electrons. The Morgan fingerprint density at radius 2 is 2.05 bits per heavy atom. The van der Waals surface area contributed by atoms with Crippen molar-refractivity contribution in [2.75, 3.05) is 0 Å². The molecule has 0 spiro atoms. The Kier molecular flexibility index (Phi) is 3.91. The van der Waals surface area contributed by atoms with Gasteiger partial charge in [-0.3, -0.25) is 4.79 Å². The van der Waals surface area contributed by atoms with Crippen LogP contribution in [0, 0.1) is 6.92 Å². The van der Waals surface area contributed by atoms with Gasteiger partial charge in [-0.2, -0.15) is 0 Å². The Morgan fingerprint density at radius 1 is 1.23 bits per heavy atom. The zero-order chi connectivity index (χ0) is 15.4. The summed E-state index contributed by atoms with van der Waals surface area (Å²) in [5.74, 6) is 0.369. The Labute approximate surface area is 127 Å². The highest BCUT2D eigenvalue weighted by Gasteiger charge is 2.15. The van der Waals surface area contributed by atoms with Crippen LogP contribution in [-0.4, -0.2) is 21.0 Å². The van der Waals surface area contributed by atoms with Crippen molar-refractivity contribution >= 4 is 5.91 Å². The molecule has 0 aliphatic heterocycles. The van der Waals surface area contributed by atoms with E-state index in [1.165, 1.54) is 6.26 Å². The summed E-state index contributed by atoms with van der Waals surface area (Å²) < 4.78 is 4.74. The molecular weight excluding hydrogens is 280 g/mol. The van der Waals surface area contributed by atoms with Crippen LogP contribution in [0.15, 0.2) is 53.4 Å². The molecule has 0 fully saturated rings. The summed E-state index contributed by atoms with van der Waals surface area (Å²) in [5.41, 5.74) is 2.58. The van der Waals surface area contributed by atoms with Crippen molar-refractivity contribution in [1.29, 1.82) is 0 Å². The van der Waals surface area contributed by atoms with E-state index in [1.807, 2.05) is 30.3 Å². The lowest BCUT2D eigenvalue weighted by molar-refractivity contribution is 0.0950. The highest BCUT2D eigenvalue weighted by Crippen LogP contribution is 2.20. The van der Waals surface area contributed by atoms with Gasteiger partial charge in [0.25, 0.3) is 5.91 Å². The number of nitrogens with one attached hydrogen (secondary N) is 1. The van der Waals surface area contributed by atoms with Crippen LogP contribution in [0.2, 0.25) is 0 Å². The van der Waals surface area contributed by atoms with E-state index in [0.717, 1.165) is 5.56 Å². The lowest BCUT2D eigenvalue weighted by atomic mass is 10.1. The second kappa shape index (κ2) is 6.17. The number of aromatic nitrogens is 3. The van der Waals surface area contributed by atoms with Gasteiger partial charge in [-0.05, 0) is 6.92 Å². The van der Waals surface area contributed by atoms with Gasteiger partial charge in [0.05, 0.1) is 17.8 Å². The van der Waals surface area contributed by atoms with Crippen LogP contribution in [0.1, 0.15) is 21.9 Å². The third-order valence-electron chi connectivity index (χ3n) is 3.12. The minimum Gasteiger partial charge on any atom is -0.364 e. The van der Waals surface area contributed by atoms with Crippen molar-refractivity contribution in [2.45, 2.75) is 13.5 Å². The molecule has 1 aromatic carbocycles. The number of hydrogen-bond donors (Lipinski definition) is 1. The van der Waals surface area contributed by atoms with Crippen LogP contribution < -0.4 is 5.32 Å². The highest BCUT2D eigenvalue weighted by atomic mass is 16.5. The van der Waals surface area contributed by atoms with Crippen LogP contribution in [-0.2, 0) is 6.54 Å². The zero-order valence-electron chi connectivity index (χ0n) is 12.0. The lowest BCUT2D eigenvalue weighted by Crippen LogP contribution is -2.24. The topological polar surface area (TPSA) is 80.9 Å². The van der Waals surface area contributed by atoms with Gasteiger partial charge in [0.2, 0.25) is 0 Å². The van der Waals surface area contributed by atoms with Crippen molar-refractivity contribution in [3.8, 4) is 11.3 Å². The highest BCUT2D eigenvalue weighted by molar-refractivity contribution is 5.99. The normalized spacial score (nSPS) is 10.4. The third kappa shape index (κ3) is 3.01. The maximum absolute atomic E-state index is 12.4. The van der Waals surface area contributed by atoms with E-state index in [2.05, 4.69) is 20.4 Å². The average molecular weight is 294 g/mol. The van der Waals surface area contributed by atoms with Gasteiger partial charge >= 0.3 is 0 Å². The van der Waals surface area contributed by atoms with Crippen molar-refractivity contribution in [2.24, 2.45) is 0 Å². The summed E-state index contributed by atoms with van der Waals surface area (Å²) in [6, 6.07) is 11.3. The fraction of sp³-hybridized carbons (Fsp3) is 0.125. The first-order valence-corrected chi connectivity index (χ1v) is 6.80. The summed E-state index contributed by atoms with van der Waals surface area (Å²) in [6.45, 7) is 2.08. The molecule has 6 heteroatoms. The SMILES string of the molecule is Cc1ncc(C(=O)NCc2ccon2)c(-c2ccccc2)n1. The molecule has 0 radical (unpaired) electrons. The molecule has 2 aromatic heterocycles. The number of carbonyl (C=O) groups excluding carboxylic acids is 1. The molecule has 0 unspecified atom stereocenters. The second-order valence-electron chi connectivity index (χ2n) is 4.72. The van der Waals surface area contributed by atoms with Gasteiger partial charge in [-0.25, -0.2) is 9.97 Å². The smallest absolute Gasteiger partial charge is 0.255 e. The molecule has 3 aromatic rings. The number of amides is 1. The molecule has 0 atom stereocenters. The van der Waals surface area contributed by atoms with E-state index in [1.54, 1.807) is 19.2 Å². The molecule has 22 heavy (non-hydrogen) atoms. The van der Waals surface area contributed by atoms with E-state index in [9.17, 15) is 4.79 Å². The second-order valence-corrected chi connectivity index (χ2v) is 4.72. The Bertz CT molecular complexity index is 770. The minimum atomic E-state index is -0.248. The summed E-state index contributed by atoms with van der Waals surface area (Å²) in [7, 11) is 0. The number of hydrogen-bond acceptors (Lipinski definition) is 5. The molecule has 2 heterocycles. The number of carbonyl (C=O) groups is 1. The largest absolute Gasteiger partial charge is 0.364 e. The Hall–Kier alpha value is -3.02. The van der Waals surface area contributed by atoms with Crippen molar-refractivity contribution in [3.63, 3.8) is 0 Å². The fourth-order valence-electron chi connectivity index (χ4n) is 2.05. The summed E-state index contributed by atoms with van der Waals surface area (Å²) in [5, 5.41) is 6.55. The molecule has 3 rings (SSSR count). The van der Waals surface area contributed by atoms with E-state index in [4.69, 9.17) is 4.52 Å². The number of rotatable bonds is 4. The Morgan fingerprint density at radius 3 is 2.77 bits per heavy atom. The van der Waals surface area contributed by atoms with Gasteiger partial charge < -0.3 is 9.84 Å². The zero-order valence-corrected chi connectivity index (χ0v) is 12.0. The van der Waals surface area contributed by atoms with Gasteiger partial charge in [-0.1, -0.05) is 35.5 Å². The monoisotopic (exact) mass is 294 g/mol. The molecule has 1 amide bonds. The van der Waals surface area contributed by atoms with Crippen LogP contribution in [0.3, 0.4) is 0 Å². The quantitative estimate of drug-likeness (QED) is 0.799. The van der Waals surface area contributed by atoms with Crippen LogP contribution in [0.4, 0.5) is 0 Å². The van der Waals surface area contributed by atoms with Gasteiger partial charge in [-0.15, -0.1) is 0 Å². The van der Waals surface area contributed by atoms with Gasteiger partial charge in [0, 0.05) is 17.8 Å².